The van der Waals surface area contributed by atoms with Gasteiger partial charge < -0.3 is 10.6 Å². The van der Waals surface area contributed by atoms with Crippen molar-refractivity contribution >= 4 is 15.7 Å². The van der Waals surface area contributed by atoms with Crippen LogP contribution in [0.25, 0.3) is 0 Å². The molecule has 1 amide bonds. The summed E-state index contributed by atoms with van der Waals surface area (Å²) in [7, 11) is -3.00. The predicted molar refractivity (Wildman–Crippen MR) is 67.6 cm³/mol. The van der Waals surface area contributed by atoms with Crippen molar-refractivity contribution in [3.05, 3.63) is 0 Å². The number of hydrogen-bond donors (Lipinski definition) is 2. The van der Waals surface area contributed by atoms with Gasteiger partial charge in [-0.1, -0.05) is 19.3 Å². The van der Waals surface area contributed by atoms with Crippen LogP contribution in [-0.4, -0.2) is 45.5 Å². The lowest BCUT2D eigenvalue weighted by atomic mass is 10.0. The molecule has 1 aliphatic heterocycles. The van der Waals surface area contributed by atoms with Gasteiger partial charge in [-0.2, -0.15) is 0 Å². The number of carbonyl (C=O) groups excluding carboxylic acids is 1. The molecule has 0 radical (unpaired) electrons. The summed E-state index contributed by atoms with van der Waals surface area (Å²) < 4.78 is 21.8. The van der Waals surface area contributed by atoms with E-state index in [1.165, 1.54) is 19.1 Å². The van der Waals surface area contributed by atoms with Crippen LogP contribution in [0.4, 0.5) is 0 Å². The van der Waals surface area contributed by atoms with Crippen LogP contribution in [0.5, 0.6) is 0 Å². The molecular weight excluding hydrogens is 240 g/mol. The molecule has 1 aliphatic rings. The van der Waals surface area contributed by atoms with Crippen molar-refractivity contribution < 1.29 is 13.2 Å². The molecule has 2 N–H and O–H groups in total. The molecule has 0 aromatic carbocycles. The normalized spacial score (nSPS) is 22.5. The summed E-state index contributed by atoms with van der Waals surface area (Å²) in [4.78, 5) is 11.8. The molecule has 17 heavy (non-hydrogen) atoms. The molecule has 0 aromatic heterocycles. The van der Waals surface area contributed by atoms with Crippen LogP contribution in [-0.2, 0) is 14.6 Å². The molecule has 5 nitrogen and oxygen atoms in total. The van der Waals surface area contributed by atoms with Crippen LogP contribution < -0.4 is 10.6 Å². The Morgan fingerprint density at radius 1 is 1.29 bits per heavy atom. The average molecular weight is 262 g/mol. The van der Waals surface area contributed by atoms with Crippen LogP contribution in [0.3, 0.4) is 0 Å². The Balaban J connectivity index is 2.29. The highest BCUT2D eigenvalue weighted by Crippen LogP contribution is 2.09. The molecule has 1 rings (SSSR count). The summed E-state index contributed by atoms with van der Waals surface area (Å²) in [6, 6.07) is -0.158. The van der Waals surface area contributed by atoms with Gasteiger partial charge in [0.1, 0.15) is 9.84 Å². The number of rotatable bonds is 4. The molecule has 1 unspecified atom stereocenters. The van der Waals surface area contributed by atoms with Crippen molar-refractivity contribution in [2.75, 3.05) is 25.1 Å². The molecule has 0 aliphatic carbocycles. The van der Waals surface area contributed by atoms with E-state index < -0.39 is 9.84 Å². The highest BCUT2D eigenvalue weighted by molar-refractivity contribution is 7.90. The highest BCUT2D eigenvalue weighted by atomic mass is 32.2. The Bertz CT molecular complexity index is 333. The van der Waals surface area contributed by atoms with Crippen molar-refractivity contribution in [3.63, 3.8) is 0 Å². The third kappa shape index (κ3) is 6.63. The van der Waals surface area contributed by atoms with E-state index in [9.17, 15) is 13.2 Å². The fourth-order valence-electron chi connectivity index (χ4n) is 1.91. The minimum Gasteiger partial charge on any atom is -0.354 e. The molecular formula is C11H22N2O3S. The highest BCUT2D eigenvalue weighted by Gasteiger charge is 2.18. The molecule has 0 spiro atoms. The van der Waals surface area contributed by atoms with E-state index in [-0.39, 0.29) is 24.2 Å². The van der Waals surface area contributed by atoms with Crippen LogP contribution in [0, 0.1) is 0 Å². The standard InChI is InChI=1S/C11H22N2O3S/c1-17(15,16)9-8-13-11(14)10-6-4-2-3-5-7-12-10/h10,12H,2-9H2,1H3,(H,13,14). The lowest BCUT2D eigenvalue weighted by Crippen LogP contribution is -2.46. The second kappa shape index (κ2) is 6.96. The summed E-state index contributed by atoms with van der Waals surface area (Å²) in [6.07, 6.45) is 6.56. The summed E-state index contributed by atoms with van der Waals surface area (Å²) in [5, 5.41) is 5.88. The zero-order chi connectivity index (χ0) is 12.7. The summed E-state index contributed by atoms with van der Waals surface area (Å²) in [5.74, 6) is -0.0681. The van der Waals surface area contributed by atoms with E-state index in [1.807, 2.05) is 0 Å². The van der Waals surface area contributed by atoms with Crippen molar-refractivity contribution in [1.29, 1.82) is 0 Å². The van der Waals surface area contributed by atoms with Gasteiger partial charge in [0.05, 0.1) is 11.8 Å². The van der Waals surface area contributed by atoms with Crippen molar-refractivity contribution in [2.24, 2.45) is 0 Å². The molecule has 0 aromatic rings. The van der Waals surface area contributed by atoms with Gasteiger partial charge in [-0.25, -0.2) is 8.42 Å². The molecule has 0 saturated carbocycles. The van der Waals surface area contributed by atoms with Gasteiger partial charge >= 0.3 is 0 Å². The Morgan fingerprint density at radius 3 is 2.71 bits per heavy atom. The Morgan fingerprint density at radius 2 is 2.00 bits per heavy atom. The van der Waals surface area contributed by atoms with E-state index in [0.717, 1.165) is 25.8 Å². The number of nitrogens with one attached hydrogen (secondary N) is 2. The molecule has 0 bridgehead atoms. The van der Waals surface area contributed by atoms with E-state index in [4.69, 9.17) is 0 Å². The van der Waals surface area contributed by atoms with E-state index in [1.54, 1.807) is 0 Å². The van der Waals surface area contributed by atoms with Crippen molar-refractivity contribution in [3.8, 4) is 0 Å². The lowest BCUT2D eigenvalue weighted by molar-refractivity contribution is -0.123. The van der Waals surface area contributed by atoms with Crippen LogP contribution in [0.2, 0.25) is 0 Å². The molecule has 6 heteroatoms. The first-order valence-electron chi connectivity index (χ1n) is 6.18. The fraction of sp³-hybridized carbons (Fsp3) is 0.909. The Hall–Kier alpha value is -0.620. The minimum atomic E-state index is -3.00. The molecule has 1 fully saturated rings. The third-order valence-corrected chi connectivity index (χ3v) is 3.84. The summed E-state index contributed by atoms with van der Waals surface area (Å²) in [5.41, 5.74) is 0. The first kappa shape index (κ1) is 14.4. The maximum absolute atomic E-state index is 11.8. The van der Waals surface area contributed by atoms with E-state index in [2.05, 4.69) is 10.6 Å². The molecule has 1 atom stereocenters. The summed E-state index contributed by atoms with van der Waals surface area (Å²) in [6.45, 7) is 1.07. The maximum atomic E-state index is 11.8. The second-order valence-electron chi connectivity index (χ2n) is 4.63. The number of hydrogen-bond acceptors (Lipinski definition) is 4. The Labute approximate surface area is 103 Å². The smallest absolute Gasteiger partial charge is 0.237 e. The van der Waals surface area contributed by atoms with Crippen molar-refractivity contribution in [2.45, 2.75) is 38.1 Å². The third-order valence-electron chi connectivity index (χ3n) is 2.90. The number of carbonyl (C=O) groups is 1. The molecule has 100 valence electrons. The topological polar surface area (TPSA) is 75.3 Å². The minimum absolute atomic E-state index is 0.00542. The predicted octanol–water partition coefficient (Wildman–Crippen LogP) is 0.0695. The zero-order valence-corrected chi connectivity index (χ0v) is 11.2. The monoisotopic (exact) mass is 262 g/mol. The van der Waals surface area contributed by atoms with Gasteiger partial charge in [0.2, 0.25) is 5.91 Å². The first-order valence-corrected chi connectivity index (χ1v) is 8.24. The SMILES string of the molecule is CS(=O)(=O)CCNC(=O)C1CCCCCCN1. The molecule has 1 saturated heterocycles. The van der Waals surface area contributed by atoms with Gasteiger partial charge in [0.15, 0.2) is 0 Å². The van der Waals surface area contributed by atoms with Gasteiger partial charge in [0, 0.05) is 12.8 Å². The number of amides is 1. The van der Waals surface area contributed by atoms with E-state index in [0.29, 0.717) is 0 Å². The average Bonchev–Trinajstić information content (AvgIpc) is 2.14. The summed E-state index contributed by atoms with van der Waals surface area (Å²) >= 11 is 0. The van der Waals surface area contributed by atoms with Gasteiger partial charge in [-0.3, -0.25) is 4.79 Å². The van der Waals surface area contributed by atoms with Gasteiger partial charge in [0.25, 0.3) is 0 Å². The van der Waals surface area contributed by atoms with Crippen LogP contribution in [0.15, 0.2) is 0 Å². The van der Waals surface area contributed by atoms with Crippen molar-refractivity contribution in [1.82, 2.24) is 10.6 Å². The van der Waals surface area contributed by atoms with E-state index >= 15 is 0 Å². The largest absolute Gasteiger partial charge is 0.354 e. The first-order chi connectivity index (χ1) is 7.99. The van der Waals surface area contributed by atoms with Crippen LogP contribution in [0.1, 0.15) is 32.1 Å². The number of sulfone groups is 1. The van der Waals surface area contributed by atoms with Gasteiger partial charge in [-0.15, -0.1) is 0 Å². The zero-order valence-electron chi connectivity index (χ0n) is 10.4. The van der Waals surface area contributed by atoms with Crippen LogP contribution >= 0.6 is 0 Å². The lowest BCUT2D eigenvalue weighted by Gasteiger charge is -2.20. The Kier molecular flexibility index (Phi) is 5.91. The quantitative estimate of drug-likeness (QED) is 0.752. The second-order valence-corrected chi connectivity index (χ2v) is 6.89. The molecule has 1 heterocycles. The fourth-order valence-corrected chi connectivity index (χ4v) is 2.38. The maximum Gasteiger partial charge on any atom is 0.237 e. The van der Waals surface area contributed by atoms with Gasteiger partial charge in [-0.05, 0) is 19.4 Å².